The first-order valence-electron chi connectivity index (χ1n) is 6.74. The number of benzene rings is 1. The highest BCUT2D eigenvalue weighted by molar-refractivity contribution is 5.89. The van der Waals surface area contributed by atoms with Gasteiger partial charge in [0, 0.05) is 38.5 Å². The van der Waals surface area contributed by atoms with Crippen LogP contribution in [-0.4, -0.2) is 10.3 Å². The summed E-state index contributed by atoms with van der Waals surface area (Å²) in [6, 6.07) is 8.60. The molecule has 98 valence electrons. The van der Waals surface area contributed by atoms with E-state index >= 15 is 0 Å². The van der Waals surface area contributed by atoms with Crippen molar-refractivity contribution in [3.05, 3.63) is 72.0 Å². The number of hydrogen-bond donors (Lipinski definition) is 0. The van der Waals surface area contributed by atoms with Crippen LogP contribution in [-0.2, 0) is 5.54 Å². The monoisotopic (exact) mass is 252 g/mol. The van der Waals surface area contributed by atoms with E-state index in [9.17, 15) is 0 Å². The number of rotatable bonds is 2. The standard InChI is InChI=1S/C18H22N/c1-15-11-8-9-13-17(15)18(3,4)19-14-10-6-5-7-12-16(19)2/h5-14H,1-4H3/q+1/b6-5-,7-5?,10-6?,12-7?,14-10-,16-12?,19-14?,19-16?. The van der Waals surface area contributed by atoms with Gasteiger partial charge in [-0.15, -0.1) is 0 Å². The van der Waals surface area contributed by atoms with E-state index in [1.807, 2.05) is 0 Å². The number of hydrogen-bond acceptors (Lipinski definition) is 0. The van der Waals surface area contributed by atoms with E-state index in [-0.39, 0.29) is 5.54 Å². The highest BCUT2D eigenvalue weighted by atomic mass is 15.1. The molecule has 0 saturated carbocycles. The molecule has 19 heavy (non-hydrogen) atoms. The molecule has 0 bridgehead atoms. The lowest BCUT2D eigenvalue weighted by Crippen LogP contribution is -2.34. The van der Waals surface area contributed by atoms with Crippen LogP contribution in [0.1, 0.15) is 31.9 Å². The fraction of sp³-hybridized carbons (Fsp3) is 0.278. The van der Waals surface area contributed by atoms with Crippen LogP contribution in [0.2, 0.25) is 0 Å². The zero-order valence-corrected chi connectivity index (χ0v) is 12.2. The SMILES string of the molecule is CC1=[N+](C(C)(C)c2ccccc2C)/C=C\C=C/C=C1. The Morgan fingerprint density at radius 1 is 0.895 bits per heavy atom. The van der Waals surface area contributed by atoms with Gasteiger partial charge in [-0.3, -0.25) is 0 Å². The maximum atomic E-state index is 2.33. The molecule has 0 aromatic heterocycles. The molecule has 1 aliphatic rings. The van der Waals surface area contributed by atoms with Crippen LogP contribution in [0.4, 0.5) is 0 Å². The second kappa shape index (κ2) is 5.40. The van der Waals surface area contributed by atoms with Gasteiger partial charge in [-0.25, -0.2) is 0 Å². The molecule has 2 rings (SSSR count). The van der Waals surface area contributed by atoms with Crippen LogP contribution in [0.5, 0.6) is 0 Å². The summed E-state index contributed by atoms with van der Waals surface area (Å²) in [4.78, 5) is 0. The maximum Gasteiger partial charge on any atom is 0.188 e. The maximum absolute atomic E-state index is 2.33. The summed E-state index contributed by atoms with van der Waals surface area (Å²) < 4.78 is 2.33. The Kier molecular flexibility index (Phi) is 3.84. The summed E-state index contributed by atoms with van der Waals surface area (Å²) >= 11 is 0. The van der Waals surface area contributed by atoms with Crippen LogP contribution in [0, 0.1) is 6.92 Å². The lowest BCUT2D eigenvalue weighted by Gasteiger charge is -2.24. The predicted molar refractivity (Wildman–Crippen MR) is 82.6 cm³/mol. The van der Waals surface area contributed by atoms with Gasteiger partial charge in [0.1, 0.15) is 0 Å². The van der Waals surface area contributed by atoms with Crippen molar-refractivity contribution in [1.82, 2.24) is 0 Å². The molecular formula is C18H22N+. The molecule has 0 amide bonds. The van der Waals surface area contributed by atoms with Crippen molar-refractivity contribution in [1.29, 1.82) is 0 Å². The molecule has 1 aromatic carbocycles. The third kappa shape index (κ3) is 2.76. The van der Waals surface area contributed by atoms with Crippen molar-refractivity contribution in [3.63, 3.8) is 0 Å². The Labute approximate surface area is 116 Å². The zero-order valence-electron chi connectivity index (χ0n) is 12.2. The van der Waals surface area contributed by atoms with Crippen LogP contribution >= 0.6 is 0 Å². The fourth-order valence-electron chi connectivity index (χ4n) is 2.67. The first-order chi connectivity index (χ1) is 9.03. The van der Waals surface area contributed by atoms with Crippen molar-refractivity contribution in [3.8, 4) is 0 Å². The number of aryl methyl sites for hydroxylation is 1. The van der Waals surface area contributed by atoms with Crippen LogP contribution in [0.25, 0.3) is 0 Å². The van der Waals surface area contributed by atoms with Gasteiger partial charge in [-0.2, -0.15) is 4.58 Å². The van der Waals surface area contributed by atoms with Crippen LogP contribution < -0.4 is 0 Å². The Morgan fingerprint density at radius 3 is 2.32 bits per heavy atom. The summed E-state index contributed by atoms with van der Waals surface area (Å²) in [6.45, 7) is 8.86. The second-order valence-corrected chi connectivity index (χ2v) is 5.47. The highest BCUT2D eigenvalue weighted by Crippen LogP contribution is 2.28. The summed E-state index contributed by atoms with van der Waals surface area (Å²) in [5.74, 6) is 0. The molecule has 0 aliphatic carbocycles. The minimum absolute atomic E-state index is 0.0680. The largest absolute Gasteiger partial charge is 0.194 e. The van der Waals surface area contributed by atoms with Gasteiger partial charge in [-0.1, -0.05) is 42.5 Å². The second-order valence-electron chi connectivity index (χ2n) is 5.47. The molecule has 0 fully saturated rings. The molecule has 0 radical (unpaired) electrons. The van der Waals surface area contributed by atoms with Crippen molar-refractivity contribution < 1.29 is 4.58 Å². The molecule has 1 aliphatic heterocycles. The van der Waals surface area contributed by atoms with E-state index < -0.39 is 0 Å². The third-order valence-corrected chi connectivity index (χ3v) is 3.69. The van der Waals surface area contributed by atoms with E-state index in [1.54, 1.807) is 0 Å². The van der Waals surface area contributed by atoms with Crippen LogP contribution in [0.15, 0.2) is 60.8 Å². The third-order valence-electron chi connectivity index (χ3n) is 3.69. The topological polar surface area (TPSA) is 3.01 Å². The van der Waals surface area contributed by atoms with Gasteiger partial charge in [0.05, 0.1) is 0 Å². The molecule has 0 unspecified atom stereocenters. The molecule has 1 heteroatoms. The van der Waals surface area contributed by atoms with Gasteiger partial charge < -0.3 is 0 Å². The van der Waals surface area contributed by atoms with Crippen LogP contribution in [0.3, 0.4) is 0 Å². The normalized spacial score (nSPS) is 18.9. The molecule has 1 aromatic rings. The Hall–Kier alpha value is -1.89. The minimum atomic E-state index is -0.0680. The van der Waals surface area contributed by atoms with E-state index in [1.165, 1.54) is 16.8 Å². The average Bonchev–Trinajstić information content (AvgIpc) is 2.34. The van der Waals surface area contributed by atoms with Gasteiger partial charge >= 0.3 is 0 Å². The van der Waals surface area contributed by atoms with Gasteiger partial charge in [0.2, 0.25) is 0 Å². The van der Waals surface area contributed by atoms with Crippen molar-refractivity contribution in [2.75, 3.05) is 0 Å². The van der Waals surface area contributed by atoms with Gasteiger partial charge in [-0.05, 0) is 12.5 Å². The molecule has 0 spiro atoms. The van der Waals surface area contributed by atoms with Gasteiger partial charge in [0.15, 0.2) is 17.5 Å². The molecular weight excluding hydrogens is 230 g/mol. The molecule has 0 saturated heterocycles. The molecule has 1 heterocycles. The fourth-order valence-corrected chi connectivity index (χ4v) is 2.67. The van der Waals surface area contributed by atoms with E-state index in [4.69, 9.17) is 0 Å². The first-order valence-corrected chi connectivity index (χ1v) is 6.74. The summed E-state index contributed by atoms with van der Waals surface area (Å²) in [5, 5.41) is 0. The Balaban J connectivity index is 2.55. The molecule has 0 N–H and O–H groups in total. The molecule has 0 atom stereocenters. The van der Waals surface area contributed by atoms with Crippen molar-refractivity contribution in [2.45, 2.75) is 33.2 Å². The number of allylic oxidation sites excluding steroid dienone is 5. The summed E-state index contributed by atoms with van der Waals surface area (Å²) in [5.41, 5.74) is 3.86. The van der Waals surface area contributed by atoms with Crippen molar-refractivity contribution in [2.24, 2.45) is 0 Å². The minimum Gasteiger partial charge on any atom is -0.194 e. The molecule has 1 nitrogen and oxygen atoms in total. The lowest BCUT2D eigenvalue weighted by molar-refractivity contribution is -0.548. The lowest BCUT2D eigenvalue weighted by atomic mass is 9.89. The van der Waals surface area contributed by atoms with E-state index in [0.717, 1.165) is 0 Å². The quantitative estimate of drug-likeness (QED) is 0.689. The Bertz CT molecular complexity index is 583. The first kappa shape index (κ1) is 13.5. The van der Waals surface area contributed by atoms with Crippen molar-refractivity contribution >= 4 is 5.71 Å². The zero-order chi connectivity index (χ0) is 13.9. The van der Waals surface area contributed by atoms with Gasteiger partial charge in [0.25, 0.3) is 0 Å². The Morgan fingerprint density at radius 2 is 1.58 bits per heavy atom. The summed E-state index contributed by atoms with van der Waals surface area (Å²) in [6.07, 6.45) is 12.6. The number of nitrogens with zero attached hydrogens (tertiary/aromatic N) is 1. The smallest absolute Gasteiger partial charge is 0.188 e. The average molecular weight is 252 g/mol. The highest BCUT2D eigenvalue weighted by Gasteiger charge is 2.34. The van der Waals surface area contributed by atoms with E-state index in [2.05, 4.69) is 93.1 Å². The summed E-state index contributed by atoms with van der Waals surface area (Å²) in [7, 11) is 0. The van der Waals surface area contributed by atoms with E-state index in [0.29, 0.717) is 0 Å². The predicted octanol–water partition coefficient (Wildman–Crippen LogP) is 4.34.